The van der Waals surface area contributed by atoms with E-state index in [1.165, 1.54) is 122 Å². The molecule has 2 saturated heterocycles. The molecule has 2 heteroatoms. The van der Waals surface area contributed by atoms with E-state index in [0.29, 0.717) is 0 Å². The van der Waals surface area contributed by atoms with E-state index in [0.717, 1.165) is 17.8 Å². The van der Waals surface area contributed by atoms with Crippen LogP contribution in [0.1, 0.15) is 131 Å². The van der Waals surface area contributed by atoms with Crippen LogP contribution in [-0.4, -0.2) is 40.3 Å². The minimum atomic E-state index is 0.904. The fourth-order valence-corrected chi connectivity index (χ4v) is 4.95. The topological polar surface area (TPSA) is 8.88 Å². The molecule has 0 aromatic carbocycles. The van der Waals surface area contributed by atoms with Crippen molar-refractivity contribution in [1.29, 1.82) is 0 Å². The first-order valence-electron chi connectivity index (χ1n) is 14.5. The van der Waals surface area contributed by atoms with Gasteiger partial charge in [-0.2, -0.15) is 0 Å². The molecule has 0 atom stereocenters. The summed E-state index contributed by atoms with van der Waals surface area (Å²) in [7, 11) is 4.69. The average molecular weight is 441 g/mol. The minimum Gasteiger partial charge on any atom is -0.337 e. The van der Waals surface area contributed by atoms with Gasteiger partial charge in [-0.3, -0.25) is 0 Å². The Bertz CT molecular complexity index is 317. The van der Waals surface area contributed by atoms with Crippen LogP contribution in [-0.2, 0) is 0 Å². The van der Waals surface area contributed by atoms with Gasteiger partial charge >= 0.3 is 0 Å². The first-order chi connectivity index (χ1) is 14.9. The van der Waals surface area contributed by atoms with Gasteiger partial charge in [-0.05, 0) is 43.4 Å². The van der Waals surface area contributed by atoms with Gasteiger partial charge in [-0.15, -0.1) is 0 Å². The first-order valence-corrected chi connectivity index (χ1v) is 14.5. The second kappa shape index (κ2) is 21.7. The highest BCUT2D eigenvalue weighted by Crippen LogP contribution is 2.22. The van der Waals surface area contributed by atoms with Gasteiger partial charge < -0.3 is 9.80 Å². The number of nitrogens with one attached hydrogen (secondary N) is 2. The Balaban J connectivity index is 0.000000557. The molecule has 2 aliphatic heterocycles. The second-order valence-electron chi connectivity index (χ2n) is 11.4. The smallest absolute Gasteiger partial charge is 0.0771 e. The predicted molar refractivity (Wildman–Crippen MR) is 141 cm³/mol. The molecule has 188 valence electrons. The normalized spacial score (nSPS) is 25.9. The Morgan fingerprint density at radius 3 is 1.39 bits per heavy atom. The van der Waals surface area contributed by atoms with Gasteiger partial charge in [0.15, 0.2) is 0 Å². The molecule has 0 aromatic rings. The third-order valence-electron chi connectivity index (χ3n) is 7.28. The zero-order valence-corrected chi connectivity index (χ0v) is 23.2. The van der Waals surface area contributed by atoms with Crippen LogP contribution in [0.25, 0.3) is 0 Å². The number of hydrogen-bond acceptors (Lipinski definition) is 0. The zero-order valence-electron chi connectivity index (χ0n) is 23.2. The molecule has 0 radical (unpaired) electrons. The molecule has 2 N–H and O–H groups in total. The highest BCUT2D eigenvalue weighted by molar-refractivity contribution is 4.66. The van der Waals surface area contributed by atoms with Crippen LogP contribution >= 0.6 is 0 Å². The monoisotopic (exact) mass is 441 g/mol. The van der Waals surface area contributed by atoms with Crippen molar-refractivity contribution in [2.75, 3.05) is 40.3 Å². The van der Waals surface area contributed by atoms with Crippen molar-refractivity contribution in [3.05, 3.63) is 0 Å². The van der Waals surface area contributed by atoms with Crippen LogP contribution in [0.15, 0.2) is 0 Å². The van der Waals surface area contributed by atoms with Crippen molar-refractivity contribution in [2.24, 2.45) is 17.8 Å². The molecule has 0 spiro atoms. The SMILES string of the molecule is CCC.CCCCCCCCC(C)C.C[NH+]1CCC(CCCC2CC[NH+](C)CC2)CC1. The Morgan fingerprint density at radius 2 is 1.00 bits per heavy atom. The number of rotatable bonds is 11. The number of hydrogen-bond donors (Lipinski definition) is 2. The predicted octanol–water partition coefficient (Wildman–Crippen LogP) is 5.82. The first kappa shape index (κ1) is 30.9. The van der Waals surface area contributed by atoms with Gasteiger partial charge in [-0.25, -0.2) is 0 Å². The molecule has 31 heavy (non-hydrogen) atoms. The fourth-order valence-electron chi connectivity index (χ4n) is 4.95. The van der Waals surface area contributed by atoms with E-state index in [2.05, 4.69) is 48.7 Å². The van der Waals surface area contributed by atoms with E-state index in [9.17, 15) is 0 Å². The van der Waals surface area contributed by atoms with Crippen LogP contribution in [0.3, 0.4) is 0 Å². The number of quaternary nitrogens is 2. The molecule has 0 aliphatic carbocycles. The molecular weight excluding hydrogens is 376 g/mol. The van der Waals surface area contributed by atoms with E-state index >= 15 is 0 Å². The summed E-state index contributed by atoms with van der Waals surface area (Å²) in [6.45, 7) is 16.8. The molecule has 2 fully saturated rings. The Hall–Kier alpha value is -0.0800. The van der Waals surface area contributed by atoms with Crippen LogP contribution in [0.4, 0.5) is 0 Å². The van der Waals surface area contributed by atoms with Gasteiger partial charge in [0.25, 0.3) is 0 Å². The van der Waals surface area contributed by atoms with Crippen molar-refractivity contribution >= 4 is 0 Å². The van der Waals surface area contributed by atoms with Crippen LogP contribution in [0.2, 0.25) is 0 Å². The summed E-state index contributed by atoms with van der Waals surface area (Å²) >= 11 is 0. The summed E-state index contributed by atoms with van der Waals surface area (Å²) in [5.74, 6) is 3.03. The third kappa shape index (κ3) is 20.3. The lowest BCUT2D eigenvalue weighted by atomic mass is 9.87. The maximum atomic E-state index is 2.34. The zero-order chi connectivity index (χ0) is 23.3. The van der Waals surface area contributed by atoms with Gasteiger partial charge in [-0.1, -0.05) is 105 Å². The third-order valence-corrected chi connectivity index (χ3v) is 7.28. The number of likely N-dealkylation sites (tertiary alicyclic amines) is 2. The van der Waals surface area contributed by atoms with Crippen molar-refractivity contribution in [2.45, 2.75) is 131 Å². The Morgan fingerprint density at radius 1 is 0.613 bits per heavy atom. The van der Waals surface area contributed by atoms with E-state index < -0.39 is 0 Å². The molecule has 0 unspecified atom stereocenters. The molecule has 0 bridgehead atoms. The lowest BCUT2D eigenvalue weighted by Gasteiger charge is -2.28. The molecule has 0 amide bonds. The highest BCUT2D eigenvalue weighted by Gasteiger charge is 2.21. The van der Waals surface area contributed by atoms with Crippen molar-refractivity contribution < 1.29 is 9.80 Å². The van der Waals surface area contributed by atoms with Crippen LogP contribution < -0.4 is 9.80 Å². The van der Waals surface area contributed by atoms with Crippen molar-refractivity contribution in [3.8, 4) is 0 Å². The number of piperidine rings is 2. The summed E-state index contributed by atoms with van der Waals surface area (Å²) < 4.78 is 0. The minimum absolute atomic E-state index is 0.904. The maximum absolute atomic E-state index is 2.34. The lowest BCUT2D eigenvalue weighted by Crippen LogP contribution is -3.10. The molecule has 0 aromatic heterocycles. The standard InChI is InChI=1S/C15H30N2.C11H24.C3H8/c1-16-10-6-14(7-11-16)4-3-5-15-8-12-17(2)13-9-15;1-4-5-6-7-8-9-10-11(2)3;1-3-2/h14-15H,3-13H2,1-2H3;11H,4-10H2,1-3H3;3H2,1-2H3/p+2. The van der Waals surface area contributed by atoms with Gasteiger partial charge in [0.05, 0.1) is 40.3 Å². The molecule has 2 aliphatic rings. The summed E-state index contributed by atoms with van der Waals surface area (Å²) in [5, 5.41) is 0. The van der Waals surface area contributed by atoms with Gasteiger partial charge in [0, 0.05) is 0 Å². The van der Waals surface area contributed by atoms with Crippen molar-refractivity contribution in [3.63, 3.8) is 0 Å². The number of unbranched alkanes of at least 4 members (excludes halogenated alkanes) is 5. The maximum Gasteiger partial charge on any atom is 0.0771 e. The summed E-state index contributed by atoms with van der Waals surface area (Å²) in [4.78, 5) is 3.50. The Labute approximate surface area is 198 Å². The lowest BCUT2D eigenvalue weighted by molar-refractivity contribution is -0.886. The Kier molecular flexibility index (Phi) is 21.7. The summed E-state index contributed by atoms with van der Waals surface area (Å²) in [6, 6.07) is 0. The van der Waals surface area contributed by atoms with Gasteiger partial charge in [0.1, 0.15) is 0 Å². The van der Waals surface area contributed by atoms with Crippen LogP contribution in [0.5, 0.6) is 0 Å². The summed E-state index contributed by atoms with van der Waals surface area (Å²) in [6.07, 6.45) is 21.8. The molecule has 2 nitrogen and oxygen atoms in total. The molecular formula is C29H64N2+2. The highest BCUT2D eigenvalue weighted by atomic mass is 15.1. The quantitative estimate of drug-likeness (QED) is 0.375. The van der Waals surface area contributed by atoms with E-state index in [-0.39, 0.29) is 0 Å². The van der Waals surface area contributed by atoms with Gasteiger partial charge in [0.2, 0.25) is 0 Å². The summed E-state index contributed by atoms with van der Waals surface area (Å²) in [5.41, 5.74) is 0. The average Bonchev–Trinajstić information content (AvgIpc) is 2.74. The van der Waals surface area contributed by atoms with Crippen LogP contribution in [0, 0.1) is 17.8 Å². The van der Waals surface area contributed by atoms with E-state index in [1.807, 2.05) is 0 Å². The molecule has 0 saturated carbocycles. The fraction of sp³-hybridized carbons (Fsp3) is 1.00. The second-order valence-corrected chi connectivity index (χ2v) is 11.4. The van der Waals surface area contributed by atoms with E-state index in [1.54, 1.807) is 9.80 Å². The van der Waals surface area contributed by atoms with E-state index in [4.69, 9.17) is 0 Å². The molecule has 2 rings (SSSR count). The van der Waals surface area contributed by atoms with Crippen molar-refractivity contribution in [1.82, 2.24) is 0 Å². The molecule has 2 heterocycles. The largest absolute Gasteiger partial charge is 0.337 e.